The molecule has 0 spiro atoms. The highest BCUT2D eigenvalue weighted by Crippen LogP contribution is 2.59. The molecule has 0 bridgehead atoms. The van der Waals surface area contributed by atoms with Crippen LogP contribution in [0.4, 0.5) is 18.9 Å². The van der Waals surface area contributed by atoms with Gasteiger partial charge in [0, 0.05) is 34.7 Å². The first-order chi connectivity index (χ1) is 14.8. The summed E-state index contributed by atoms with van der Waals surface area (Å²) in [6, 6.07) is 9.99. The van der Waals surface area contributed by atoms with Crippen molar-refractivity contribution in [2.75, 3.05) is 5.73 Å². The molecule has 0 aromatic heterocycles. The highest BCUT2D eigenvalue weighted by Gasteiger charge is 2.67. The fourth-order valence-corrected chi connectivity index (χ4v) is 5.85. The summed E-state index contributed by atoms with van der Waals surface area (Å²) in [6.45, 7) is 8.23. The molecule has 0 saturated heterocycles. The molecule has 1 saturated carbocycles. The van der Waals surface area contributed by atoms with Crippen LogP contribution < -0.4 is 10.5 Å². The Labute approximate surface area is 184 Å². The van der Waals surface area contributed by atoms with Gasteiger partial charge in [-0.2, -0.15) is 18.4 Å². The van der Waals surface area contributed by atoms with E-state index in [-0.39, 0.29) is 17.7 Å². The molecule has 1 aliphatic heterocycles. The quantitative estimate of drug-likeness (QED) is 0.678. The zero-order valence-corrected chi connectivity index (χ0v) is 18.2. The number of ether oxygens (including phenoxy) is 1. The third-order valence-electron chi connectivity index (χ3n) is 6.70. The van der Waals surface area contributed by atoms with E-state index in [1.807, 2.05) is 32.6 Å². The lowest BCUT2D eigenvalue weighted by Gasteiger charge is -2.65. The number of carbonyl (C=O) groups is 1. The molecule has 2 aromatic rings. The van der Waals surface area contributed by atoms with Gasteiger partial charge in [-0.05, 0) is 42.0 Å². The normalized spacial score (nSPS) is 23.3. The topological polar surface area (TPSA) is 79.3 Å². The van der Waals surface area contributed by atoms with Gasteiger partial charge in [0.1, 0.15) is 11.9 Å². The molecule has 1 amide bonds. The number of nitrogens with zero attached hydrogens (tertiary/aromatic N) is 2. The van der Waals surface area contributed by atoms with E-state index in [1.165, 1.54) is 6.07 Å². The monoisotopic (exact) mass is 443 g/mol. The van der Waals surface area contributed by atoms with Gasteiger partial charge in [0.05, 0.1) is 17.2 Å². The van der Waals surface area contributed by atoms with Crippen LogP contribution in [-0.2, 0) is 12.7 Å². The van der Waals surface area contributed by atoms with Crippen molar-refractivity contribution in [1.82, 2.24) is 4.90 Å². The lowest BCUT2D eigenvalue weighted by molar-refractivity contribution is -0.199. The van der Waals surface area contributed by atoms with Gasteiger partial charge in [0.25, 0.3) is 5.91 Å². The second kappa shape index (κ2) is 6.89. The van der Waals surface area contributed by atoms with Crippen LogP contribution in [0.5, 0.6) is 5.75 Å². The van der Waals surface area contributed by atoms with Crippen LogP contribution in [0.1, 0.15) is 54.7 Å². The number of nitrogens with two attached hydrogens (primary N) is 1. The van der Waals surface area contributed by atoms with E-state index in [9.17, 15) is 18.0 Å². The molecule has 168 valence electrons. The van der Waals surface area contributed by atoms with E-state index in [0.717, 1.165) is 17.7 Å². The zero-order chi connectivity index (χ0) is 23.6. The van der Waals surface area contributed by atoms with Crippen LogP contribution in [0.15, 0.2) is 36.4 Å². The van der Waals surface area contributed by atoms with E-state index in [0.29, 0.717) is 17.8 Å². The van der Waals surface area contributed by atoms with Gasteiger partial charge in [-0.25, -0.2) is 0 Å². The third kappa shape index (κ3) is 3.19. The maximum Gasteiger partial charge on any atom is 0.417 e. The highest BCUT2D eigenvalue weighted by atomic mass is 19.4. The first-order valence-corrected chi connectivity index (χ1v) is 10.3. The van der Waals surface area contributed by atoms with Gasteiger partial charge in [-0.15, -0.1) is 0 Å². The Bertz CT molecular complexity index is 1130. The van der Waals surface area contributed by atoms with E-state index in [4.69, 9.17) is 15.7 Å². The second-order valence-corrected chi connectivity index (χ2v) is 9.71. The number of hydrogen-bond acceptors (Lipinski definition) is 4. The van der Waals surface area contributed by atoms with Crippen molar-refractivity contribution in [2.24, 2.45) is 10.8 Å². The first-order valence-electron chi connectivity index (χ1n) is 10.3. The van der Waals surface area contributed by atoms with Crippen molar-refractivity contribution >= 4 is 11.6 Å². The lowest BCUT2D eigenvalue weighted by atomic mass is 9.49. The smallest absolute Gasteiger partial charge is 0.417 e. The Morgan fingerprint density at radius 2 is 1.78 bits per heavy atom. The largest absolute Gasteiger partial charge is 0.489 e. The maximum atomic E-state index is 13.4. The minimum atomic E-state index is -4.66. The van der Waals surface area contributed by atoms with Gasteiger partial charge in [-0.1, -0.05) is 27.7 Å². The molecule has 2 aliphatic rings. The van der Waals surface area contributed by atoms with Crippen LogP contribution in [0.2, 0.25) is 0 Å². The van der Waals surface area contributed by atoms with Crippen LogP contribution in [0.3, 0.4) is 0 Å². The number of halogens is 3. The minimum Gasteiger partial charge on any atom is -0.489 e. The summed E-state index contributed by atoms with van der Waals surface area (Å²) in [5.41, 5.74) is 5.43. The molecule has 1 fully saturated rings. The van der Waals surface area contributed by atoms with Gasteiger partial charge in [-0.3, -0.25) is 4.79 Å². The summed E-state index contributed by atoms with van der Waals surface area (Å²) in [7, 11) is 0. The van der Waals surface area contributed by atoms with Crippen molar-refractivity contribution < 1.29 is 22.7 Å². The predicted molar refractivity (Wildman–Crippen MR) is 113 cm³/mol. The van der Waals surface area contributed by atoms with Gasteiger partial charge in [0.2, 0.25) is 0 Å². The summed E-state index contributed by atoms with van der Waals surface area (Å²) in [6.07, 6.45) is -5.11. The number of alkyl halides is 3. The molecule has 0 radical (unpaired) electrons. The predicted octanol–water partition coefficient (Wildman–Crippen LogP) is 5.00. The third-order valence-corrected chi connectivity index (χ3v) is 6.70. The number of fused-ring (bicyclic) bond motifs is 1. The molecule has 8 heteroatoms. The minimum absolute atomic E-state index is 0.0460. The molecule has 0 unspecified atom stereocenters. The van der Waals surface area contributed by atoms with Crippen molar-refractivity contribution in [3.8, 4) is 11.8 Å². The number of amides is 1. The molecule has 2 aromatic carbocycles. The molecule has 1 heterocycles. The molecule has 1 aliphatic carbocycles. The Hall–Kier alpha value is -3.21. The van der Waals surface area contributed by atoms with Crippen molar-refractivity contribution in [3.63, 3.8) is 0 Å². The number of nitriles is 1. The van der Waals surface area contributed by atoms with Crippen LogP contribution in [0, 0.1) is 22.2 Å². The fourth-order valence-electron chi connectivity index (χ4n) is 5.85. The second-order valence-electron chi connectivity index (χ2n) is 9.71. The summed E-state index contributed by atoms with van der Waals surface area (Å²) >= 11 is 0. The molecular formula is C24H24F3N3O2. The van der Waals surface area contributed by atoms with Gasteiger partial charge >= 0.3 is 6.18 Å². The fraction of sp³-hybridized carbons (Fsp3) is 0.417. The van der Waals surface area contributed by atoms with Crippen LogP contribution in [-0.4, -0.2) is 23.0 Å². The number of anilines is 1. The number of rotatable bonds is 3. The number of hydrogen-bond donors (Lipinski definition) is 1. The number of carbonyl (C=O) groups excluding carboxylic acids is 1. The molecule has 0 atom stereocenters. The summed E-state index contributed by atoms with van der Waals surface area (Å²) in [5, 5.41) is 9.01. The van der Waals surface area contributed by atoms with Crippen LogP contribution >= 0.6 is 0 Å². The summed E-state index contributed by atoms with van der Waals surface area (Å²) < 4.78 is 46.2. The number of nitrogen functional groups attached to an aromatic ring is 1. The Morgan fingerprint density at radius 3 is 2.38 bits per heavy atom. The van der Waals surface area contributed by atoms with Crippen LogP contribution in [0.25, 0.3) is 0 Å². The first kappa shape index (κ1) is 22.0. The Kier molecular flexibility index (Phi) is 4.74. The molecule has 2 N–H and O–H groups in total. The SMILES string of the molecule is CC1(C)[C@H](Oc2ccc(C#N)c(C(F)(F)F)c2)C(C)(C)[C@H]1N1Cc2cc(N)ccc2C1=O. The van der Waals surface area contributed by atoms with E-state index >= 15 is 0 Å². The molecule has 32 heavy (non-hydrogen) atoms. The molecule has 5 nitrogen and oxygen atoms in total. The maximum absolute atomic E-state index is 13.4. The zero-order valence-electron chi connectivity index (χ0n) is 18.2. The van der Waals surface area contributed by atoms with Crippen molar-refractivity contribution in [1.29, 1.82) is 5.26 Å². The number of benzene rings is 2. The summed E-state index contributed by atoms with van der Waals surface area (Å²) in [4.78, 5) is 14.9. The Morgan fingerprint density at radius 1 is 1.12 bits per heavy atom. The van der Waals surface area contributed by atoms with E-state index < -0.39 is 34.2 Å². The highest BCUT2D eigenvalue weighted by molar-refractivity contribution is 5.99. The molecular weight excluding hydrogens is 419 g/mol. The standard InChI is InChI=1S/C24H24F3N3O2/c1-22(2)20(30-12-14-9-15(29)6-8-17(14)19(30)31)23(3,4)21(22)32-16-7-5-13(11-28)18(10-16)24(25,26)27/h5-10,20-21H,12,29H2,1-4H3/t20-,21-. The average Bonchev–Trinajstić information content (AvgIpc) is 2.99. The lowest BCUT2D eigenvalue weighted by Crippen LogP contribution is -2.74. The van der Waals surface area contributed by atoms with Crippen molar-refractivity contribution in [2.45, 2.75) is 52.6 Å². The Balaban J connectivity index is 1.62. The van der Waals surface area contributed by atoms with Crippen molar-refractivity contribution in [3.05, 3.63) is 58.7 Å². The van der Waals surface area contributed by atoms with Gasteiger partial charge < -0.3 is 15.4 Å². The van der Waals surface area contributed by atoms with Gasteiger partial charge in [0.15, 0.2) is 0 Å². The summed E-state index contributed by atoms with van der Waals surface area (Å²) in [5.74, 6) is -0.0351. The molecule has 4 rings (SSSR count). The average molecular weight is 443 g/mol. The van der Waals surface area contributed by atoms with E-state index in [2.05, 4.69) is 0 Å². The van der Waals surface area contributed by atoms with E-state index in [1.54, 1.807) is 24.3 Å².